The molecule has 5 heteroatoms. The van der Waals surface area contributed by atoms with Gasteiger partial charge in [-0.3, -0.25) is 4.98 Å². The van der Waals surface area contributed by atoms with Gasteiger partial charge < -0.3 is 4.90 Å². The summed E-state index contributed by atoms with van der Waals surface area (Å²) >= 11 is 0. The molecule has 0 unspecified atom stereocenters. The van der Waals surface area contributed by atoms with E-state index in [9.17, 15) is 8.42 Å². The van der Waals surface area contributed by atoms with Crippen molar-refractivity contribution in [1.29, 1.82) is 0 Å². The standard InChI is InChI=1S/C17H20N2O2S/c1-22(20,21)15-9-7-14(8-10-15)17-16(6-5-11-18-17)19-12-3-2-4-13-19/h5-11H,2-4,12-13H2,1H3. The van der Waals surface area contributed by atoms with Crippen LogP contribution in [-0.2, 0) is 9.84 Å². The number of sulfone groups is 1. The summed E-state index contributed by atoms with van der Waals surface area (Å²) < 4.78 is 23.1. The van der Waals surface area contributed by atoms with Gasteiger partial charge in [-0.2, -0.15) is 0 Å². The van der Waals surface area contributed by atoms with Gasteiger partial charge in [0, 0.05) is 31.1 Å². The number of anilines is 1. The summed E-state index contributed by atoms with van der Waals surface area (Å²) in [4.78, 5) is 7.24. The zero-order chi connectivity index (χ0) is 15.6. The molecule has 0 atom stereocenters. The highest BCUT2D eigenvalue weighted by molar-refractivity contribution is 7.90. The van der Waals surface area contributed by atoms with Crippen molar-refractivity contribution >= 4 is 15.5 Å². The lowest BCUT2D eigenvalue weighted by Crippen LogP contribution is -2.29. The molecule has 0 N–H and O–H groups in total. The molecule has 2 aromatic rings. The van der Waals surface area contributed by atoms with Gasteiger partial charge in [-0.25, -0.2) is 8.42 Å². The second kappa shape index (κ2) is 6.08. The highest BCUT2D eigenvalue weighted by Gasteiger charge is 2.16. The third kappa shape index (κ3) is 3.14. The summed E-state index contributed by atoms with van der Waals surface area (Å²) in [7, 11) is -3.16. The highest BCUT2D eigenvalue weighted by atomic mass is 32.2. The van der Waals surface area contributed by atoms with Gasteiger partial charge in [0.15, 0.2) is 9.84 Å². The van der Waals surface area contributed by atoms with Gasteiger partial charge in [0.1, 0.15) is 0 Å². The van der Waals surface area contributed by atoms with Crippen molar-refractivity contribution in [2.24, 2.45) is 0 Å². The number of piperidine rings is 1. The smallest absolute Gasteiger partial charge is 0.175 e. The number of rotatable bonds is 3. The van der Waals surface area contributed by atoms with Crippen LogP contribution in [0.5, 0.6) is 0 Å². The topological polar surface area (TPSA) is 50.3 Å². The van der Waals surface area contributed by atoms with E-state index in [0.29, 0.717) is 4.90 Å². The van der Waals surface area contributed by atoms with Gasteiger partial charge in [0.2, 0.25) is 0 Å². The Morgan fingerprint density at radius 2 is 1.68 bits per heavy atom. The lowest BCUT2D eigenvalue weighted by molar-refractivity contribution is 0.578. The van der Waals surface area contributed by atoms with Crippen molar-refractivity contribution in [2.75, 3.05) is 24.2 Å². The van der Waals surface area contributed by atoms with Crippen LogP contribution in [0.25, 0.3) is 11.3 Å². The van der Waals surface area contributed by atoms with Crippen LogP contribution >= 0.6 is 0 Å². The molecule has 0 aliphatic carbocycles. The number of benzene rings is 1. The summed E-state index contributed by atoms with van der Waals surface area (Å²) in [5.41, 5.74) is 3.01. The minimum absolute atomic E-state index is 0.340. The van der Waals surface area contributed by atoms with Crippen LogP contribution in [0.1, 0.15) is 19.3 Å². The summed E-state index contributed by atoms with van der Waals surface area (Å²) in [5, 5.41) is 0. The Balaban J connectivity index is 1.98. The van der Waals surface area contributed by atoms with E-state index in [1.807, 2.05) is 18.2 Å². The monoisotopic (exact) mass is 316 g/mol. The van der Waals surface area contributed by atoms with Crippen LogP contribution < -0.4 is 4.90 Å². The molecule has 0 spiro atoms. The van der Waals surface area contributed by atoms with Crippen LogP contribution in [0.4, 0.5) is 5.69 Å². The van der Waals surface area contributed by atoms with E-state index >= 15 is 0 Å². The Morgan fingerprint density at radius 3 is 2.32 bits per heavy atom. The van der Waals surface area contributed by atoms with Crippen molar-refractivity contribution in [3.63, 3.8) is 0 Å². The molecule has 0 amide bonds. The van der Waals surface area contributed by atoms with Gasteiger partial charge in [-0.05, 0) is 43.5 Å². The van der Waals surface area contributed by atoms with Gasteiger partial charge in [0.25, 0.3) is 0 Å². The summed E-state index contributed by atoms with van der Waals surface area (Å²) in [6.07, 6.45) is 6.72. The molecular weight excluding hydrogens is 296 g/mol. The van der Waals surface area contributed by atoms with Gasteiger partial charge >= 0.3 is 0 Å². The molecule has 0 radical (unpaired) electrons. The molecule has 1 aliphatic heterocycles. The van der Waals surface area contributed by atoms with E-state index in [-0.39, 0.29) is 0 Å². The largest absolute Gasteiger partial charge is 0.370 e. The number of hydrogen-bond donors (Lipinski definition) is 0. The highest BCUT2D eigenvalue weighted by Crippen LogP contribution is 2.31. The van der Waals surface area contributed by atoms with Crippen molar-refractivity contribution in [3.05, 3.63) is 42.6 Å². The number of nitrogens with zero attached hydrogens (tertiary/aromatic N) is 2. The summed E-state index contributed by atoms with van der Waals surface area (Å²) in [5.74, 6) is 0. The number of pyridine rings is 1. The lowest BCUT2D eigenvalue weighted by Gasteiger charge is -2.30. The van der Waals surface area contributed by atoms with Crippen LogP contribution in [0, 0.1) is 0 Å². The maximum atomic E-state index is 11.6. The first-order valence-electron chi connectivity index (χ1n) is 7.56. The normalized spacial score (nSPS) is 15.8. The molecule has 1 fully saturated rings. The molecule has 4 nitrogen and oxygen atoms in total. The minimum Gasteiger partial charge on any atom is -0.370 e. The van der Waals surface area contributed by atoms with Crippen molar-refractivity contribution in [2.45, 2.75) is 24.2 Å². The maximum Gasteiger partial charge on any atom is 0.175 e. The van der Waals surface area contributed by atoms with Crippen LogP contribution in [0.15, 0.2) is 47.5 Å². The van der Waals surface area contributed by atoms with Crippen molar-refractivity contribution in [3.8, 4) is 11.3 Å². The Bertz CT molecular complexity index is 748. The molecule has 22 heavy (non-hydrogen) atoms. The van der Waals surface area contributed by atoms with E-state index in [4.69, 9.17) is 0 Å². The fraction of sp³-hybridized carbons (Fsp3) is 0.353. The molecular formula is C17H20N2O2S. The fourth-order valence-electron chi connectivity index (χ4n) is 2.87. The maximum absolute atomic E-state index is 11.6. The van der Waals surface area contributed by atoms with E-state index in [2.05, 4.69) is 16.0 Å². The molecule has 2 heterocycles. The average Bonchev–Trinajstić information content (AvgIpc) is 2.55. The molecule has 116 valence electrons. The van der Waals surface area contributed by atoms with E-state index in [1.165, 1.54) is 25.5 Å². The first-order valence-corrected chi connectivity index (χ1v) is 9.45. The molecule has 1 aliphatic rings. The number of hydrogen-bond acceptors (Lipinski definition) is 4. The molecule has 0 bridgehead atoms. The SMILES string of the molecule is CS(=O)(=O)c1ccc(-c2ncccc2N2CCCCC2)cc1. The Labute approximate surface area is 131 Å². The zero-order valence-corrected chi connectivity index (χ0v) is 13.5. The van der Waals surface area contributed by atoms with Crippen molar-refractivity contribution < 1.29 is 8.42 Å². The Kier molecular flexibility index (Phi) is 4.16. The van der Waals surface area contributed by atoms with Crippen LogP contribution in [-0.4, -0.2) is 32.7 Å². The Hall–Kier alpha value is -1.88. The third-order valence-electron chi connectivity index (χ3n) is 4.04. The number of aromatic nitrogens is 1. The quantitative estimate of drug-likeness (QED) is 0.873. The van der Waals surface area contributed by atoms with E-state index < -0.39 is 9.84 Å². The van der Waals surface area contributed by atoms with Crippen molar-refractivity contribution in [1.82, 2.24) is 4.98 Å². The van der Waals surface area contributed by atoms with Gasteiger partial charge in [-0.1, -0.05) is 12.1 Å². The predicted molar refractivity (Wildman–Crippen MR) is 88.8 cm³/mol. The molecule has 1 saturated heterocycles. The zero-order valence-electron chi connectivity index (χ0n) is 12.7. The first-order chi connectivity index (χ1) is 10.6. The van der Waals surface area contributed by atoms with Gasteiger partial charge in [0.05, 0.1) is 16.3 Å². The van der Waals surface area contributed by atoms with Crippen LogP contribution in [0.2, 0.25) is 0 Å². The molecule has 0 saturated carbocycles. The second-order valence-electron chi connectivity index (χ2n) is 5.72. The second-order valence-corrected chi connectivity index (χ2v) is 7.73. The minimum atomic E-state index is -3.16. The lowest BCUT2D eigenvalue weighted by atomic mass is 10.1. The summed E-state index contributed by atoms with van der Waals surface area (Å²) in [6.45, 7) is 2.11. The van der Waals surface area contributed by atoms with E-state index in [1.54, 1.807) is 18.3 Å². The molecule has 1 aromatic heterocycles. The predicted octanol–water partition coefficient (Wildman–Crippen LogP) is 3.14. The molecule has 3 rings (SSSR count). The average molecular weight is 316 g/mol. The fourth-order valence-corrected chi connectivity index (χ4v) is 3.50. The van der Waals surface area contributed by atoms with E-state index in [0.717, 1.165) is 30.0 Å². The third-order valence-corrected chi connectivity index (χ3v) is 5.17. The summed E-state index contributed by atoms with van der Waals surface area (Å²) in [6, 6.07) is 11.0. The van der Waals surface area contributed by atoms with Crippen LogP contribution in [0.3, 0.4) is 0 Å². The van der Waals surface area contributed by atoms with Gasteiger partial charge in [-0.15, -0.1) is 0 Å². The molecule has 1 aromatic carbocycles. The Morgan fingerprint density at radius 1 is 1.00 bits per heavy atom. The first kappa shape index (κ1) is 15.0.